The molecule has 0 radical (unpaired) electrons. The van der Waals surface area contributed by atoms with E-state index < -0.39 is 23.4 Å². The lowest BCUT2D eigenvalue weighted by Crippen LogP contribution is -2.51. The van der Waals surface area contributed by atoms with Crippen molar-refractivity contribution in [3.63, 3.8) is 0 Å². The number of hydrogen-bond acceptors (Lipinski definition) is 4. The number of fused-ring (bicyclic) bond motifs is 6. The Hall–Kier alpha value is -3.70. The molecule has 1 spiro atoms. The Balaban J connectivity index is 1.68. The molecule has 36 heavy (non-hydrogen) atoms. The topological polar surface area (TPSA) is 66.5 Å². The van der Waals surface area contributed by atoms with Gasteiger partial charge in [0.15, 0.2) is 11.6 Å². The number of benzene rings is 3. The smallest absolute Gasteiger partial charge is 0.238 e. The lowest BCUT2D eigenvalue weighted by molar-refractivity contribution is -0.122. The second-order valence-electron chi connectivity index (χ2n) is 10.00. The van der Waals surface area contributed by atoms with Gasteiger partial charge in [-0.3, -0.25) is 14.4 Å². The summed E-state index contributed by atoms with van der Waals surface area (Å²) in [4.78, 5) is 43.9. The van der Waals surface area contributed by atoms with Crippen molar-refractivity contribution in [2.45, 2.75) is 38.3 Å². The number of carbonyl (C=O) groups excluding carboxylic acids is 3. The number of allylic oxidation sites excluding steroid dienone is 1. The Bertz CT molecular complexity index is 1490. The Labute approximate surface area is 214 Å². The van der Waals surface area contributed by atoms with E-state index in [2.05, 4.69) is 17.5 Å². The fourth-order valence-corrected chi connectivity index (χ4v) is 6.62. The summed E-state index contributed by atoms with van der Waals surface area (Å²) in [5.41, 5.74) is 4.60. The number of hydrogen-bond donors (Lipinski definition) is 1. The van der Waals surface area contributed by atoms with Crippen LogP contribution in [-0.2, 0) is 15.0 Å². The van der Waals surface area contributed by atoms with Crippen LogP contribution in [0.25, 0.3) is 5.57 Å². The van der Waals surface area contributed by atoms with Crippen molar-refractivity contribution >= 4 is 46.0 Å². The number of nitrogens with zero attached hydrogens (tertiary/aromatic N) is 1. The second kappa shape index (κ2) is 7.90. The highest BCUT2D eigenvalue weighted by Gasteiger charge is 2.70. The fraction of sp³-hybridized carbons (Fsp3) is 0.233. The molecule has 0 aliphatic carbocycles. The van der Waals surface area contributed by atoms with Crippen LogP contribution in [0.3, 0.4) is 0 Å². The summed E-state index contributed by atoms with van der Waals surface area (Å²) in [6.07, 6.45) is 2.06. The lowest BCUT2D eigenvalue weighted by Gasteiger charge is -2.39. The molecular formula is C30H25ClN2O3. The van der Waals surface area contributed by atoms with Gasteiger partial charge in [-0.2, -0.15) is 0 Å². The van der Waals surface area contributed by atoms with E-state index in [0.29, 0.717) is 16.3 Å². The SMILES string of the molecule is CC(=O)[C@@H]1[C@H](C(=O)c2ccc(Cl)cc2)[C@@]2(C(=O)Nc3ccccc32)[C@@H]2C=C(C)c3cc(C)ccc3N12. The maximum absolute atomic E-state index is 14.4. The van der Waals surface area contributed by atoms with Crippen molar-refractivity contribution in [3.05, 3.63) is 100 Å². The van der Waals surface area contributed by atoms with Crippen LogP contribution in [0.1, 0.15) is 40.9 Å². The molecule has 1 saturated heterocycles. The van der Waals surface area contributed by atoms with Gasteiger partial charge < -0.3 is 10.2 Å². The zero-order chi connectivity index (χ0) is 25.4. The molecule has 4 atom stereocenters. The first-order valence-electron chi connectivity index (χ1n) is 12.0. The number of ketones is 2. The van der Waals surface area contributed by atoms with Gasteiger partial charge >= 0.3 is 0 Å². The molecule has 0 aromatic heterocycles. The van der Waals surface area contributed by atoms with E-state index in [9.17, 15) is 14.4 Å². The van der Waals surface area contributed by atoms with E-state index >= 15 is 0 Å². The lowest BCUT2D eigenvalue weighted by atomic mass is 9.64. The molecule has 1 amide bonds. The number of rotatable bonds is 3. The average Bonchev–Trinajstić information content (AvgIpc) is 3.32. The van der Waals surface area contributed by atoms with E-state index in [1.54, 1.807) is 24.3 Å². The minimum Gasteiger partial charge on any atom is -0.352 e. The predicted molar refractivity (Wildman–Crippen MR) is 142 cm³/mol. The number of carbonyl (C=O) groups is 3. The van der Waals surface area contributed by atoms with Gasteiger partial charge in [0.25, 0.3) is 0 Å². The molecule has 3 aliphatic heterocycles. The number of amides is 1. The van der Waals surface area contributed by atoms with Crippen molar-refractivity contribution in [2.24, 2.45) is 5.92 Å². The van der Waals surface area contributed by atoms with Crippen LogP contribution in [-0.4, -0.2) is 29.6 Å². The average molecular weight is 497 g/mol. The second-order valence-corrected chi connectivity index (χ2v) is 10.4. The largest absolute Gasteiger partial charge is 0.352 e. The normalized spacial score (nSPS) is 25.7. The van der Waals surface area contributed by atoms with Gasteiger partial charge in [-0.25, -0.2) is 0 Å². The predicted octanol–water partition coefficient (Wildman–Crippen LogP) is 5.60. The van der Waals surface area contributed by atoms with Gasteiger partial charge in [0.1, 0.15) is 5.41 Å². The fourth-order valence-electron chi connectivity index (χ4n) is 6.49. The first kappa shape index (κ1) is 22.7. The maximum atomic E-state index is 14.4. The van der Waals surface area contributed by atoms with Gasteiger partial charge in [-0.15, -0.1) is 0 Å². The third-order valence-corrected chi connectivity index (χ3v) is 8.21. The van der Waals surface area contributed by atoms with Crippen LogP contribution in [0.4, 0.5) is 11.4 Å². The Kier molecular flexibility index (Phi) is 4.99. The van der Waals surface area contributed by atoms with Crippen molar-refractivity contribution in [1.29, 1.82) is 0 Å². The molecule has 0 unspecified atom stereocenters. The van der Waals surface area contributed by atoms with E-state index in [4.69, 9.17) is 11.6 Å². The quantitative estimate of drug-likeness (QED) is 0.479. The molecule has 3 aromatic rings. The van der Waals surface area contributed by atoms with Crippen LogP contribution in [0, 0.1) is 12.8 Å². The molecule has 0 bridgehead atoms. The minimum absolute atomic E-state index is 0.152. The zero-order valence-corrected chi connectivity index (χ0v) is 21.0. The van der Waals surface area contributed by atoms with Crippen molar-refractivity contribution in [3.8, 4) is 0 Å². The van der Waals surface area contributed by atoms with Gasteiger partial charge in [-0.05, 0) is 74.4 Å². The van der Waals surface area contributed by atoms with Gasteiger partial charge in [-0.1, -0.05) is 47.5 Å². The number of para-hydroxylation sites is 1. The first-order chi connectivity index (χ1) is 17.2. The van der Waals surface area contributed by atoms with Crippen LogP contribution >= 0.6 is 11.6 Å². The number of anilines is 2. The summed E-state index contributed by atoms with van der Waals surface area (Å²) in [6, 6.07) is 19.0. The monoisotopic (exact) mass is 496 g/mol. The molecule has 1 fully saturated rings. The summed E-state index contributed by atoms with van der Waals surface area (Å²) >= 11 is 6.10. The third-order valence-electron chi connectivity index (χ3n) is 7.96. The number of nitrogens with one attached hydrogen (secondary N) is 1. The van der Waals surface area contributed by atoms with Crippen molar-refractivity contribution < 1.29 is 14.4 Å². The van der Waals surface area contributed by atoms with E-state index in [1.165, 1.54) is 6.92 Å². The number of Topliss-reactive ketones (excluding diaryl/α,β-unsaturated/α-hetero) is 2. The highest BCUT2D eigenvalue weighted by molar-refractivity contribution is 6.30. The van der Waals surface area contributed by atoms with Gasteiger partial charge in [0, 0.05) is 27.5 Å². The highest BCUT2D eigenvalue weighted by Crippen LogP contribution is 2.58. The molecule has 6 rings (SSSR count). The summed E-state index contributed by atoms with van der Waals surface area (Å²) in [5.74, 6) is -1.58. The summed E-state index contributed by atoms with van der Waals surface area (Å²) in [6.45, 7) is 5.57. The molecule has 5 nitrogen and oxygen atoms in total. The summed E-state index contributed by atoms with van der Waals surface area (Å²) < 4.78 is 0. The van der Waals surface area contributed by atoms with Gasteiger partial charge in [0.05, 0.1) is 18.0 Å². The maximum Gasteiger partial charge on any atom is 0.238 e. The number of aryl methyl sites for hydroxylation is 1. The highest BCUT2D eigenvalue weighted by atomic mass is 35.5. The first-order valence-corrected chi connectivity index (χ1v) is 12.4. The third kappa shape index (κ3) is 2.93. The Morgan fingerprint density at radius 3 is 2.44 bits per heavy atom. The van der Waals surface area contributed by atoms with Crippen LogP contribution in [0.15, 0.2) is 72.8 Å². The van der Waals surface area contributed by atoms with Crippen LogP contribution in [0.5, 0.6) is 0 Å². The van der Waals surface area contributed by atoms with Crippen molar-refractivity contribution in [1.82, 2.24) is 0 Å². The molecular weight excluding hydrogens is 472 g/mol. The van der Waals surface area contributed by atoms with E-state index in [-0.39, 0.29) is 17.5 Å². The van der Waals surface area contributed by atoms with Crippen LogP contribution < -0.4 is 10.2 Å². The van der Waals surface area contributed by atoms with Crippen molar-refractivity contribution in [2.75, 3.05) is 10.2 Å². The molecule has 180 valence electrons. The molecule has 6 heteroatoms. The minimum atomic E-state index is -1.27. The summed E-state index contributed by atoms with van der Waals surface area (Å²) in [5, 5.41) is 3.55. The molecule has 0 saturated carbocycles. The molecule has 3 aromatic carbocycles. The van der Waals surface area contributed by atoms with Gasteiger partial charge in [0.2, 0.25) is 5.91 Å². The number of halogens is 1. The van der Waals surface area contributed by atoms with E-state index in [1.807, 2.05) is 55.1 Å². The van der Waals surface area contributed by atoms with E-state index in [0.717, 1.165) is 28.0 Å². The summed E-state index contributed by atoms with van der Waals surface area (Å²) in [7, 11) is 0. The zero-order valence-electron chi connectivity index (χ0n) is 20.2. The molecule has 1 N–H and O–H groups in total. The Morgan fingerprint density at radius 2 is 1.72 bits per heavy atom. The van der Waals surface area contributed by atoms with Crippen LogP contribution in [0.2, 0.25) is 5.02 Å². The standard InChI is InChI=1S/C30H25ClN2O3/c1-16-8-13-24-21(14-16)17(2)15-25-30(22-6-4-5-7-23(22)32-29(30)36)26(27(18(3)34)33(24)25)28(35)19-9-11-20(31)12-10-19/h4-15,25-27H,1-3H3,(H,32,36)/t25-,26+,27+,30-/m0/s1. The molecule has 3 heterocycles. The molecule has 3 aliphatic rings. The Morgan fingerprint density at radius 1 is 1.00 bits per heavy atom.